The number of fused-ring (bicyclic) bond motifs is 20. The number of aromatic nitrogens is 6. The second-order valence-electron chi connectivity index (χ2n) is 22.9. The highest BCUT2D eigenvalue weighted by Gasteiger charge is 2.25. The first-order valence-electron chi connectivity index (χ1n) is 29.7. The average molecular weight is 1140 g/mol. The number of para-hydroxylation sites is 1. The van der Waals surface area contributed by atoms with Gasteiger partial charge in [0.2, 0.25) is 0 Å². The molecular weight excluding hydrogens is 1090 g/mol. The third-order valence-corrected chi connectivity index (χ3v) is 19.0. The Morgan fingerprint density at radius 2 is 0.693 bits per heavy atom. The number of furan rings is 1. The number of hydrogen-bond acceptors (Lipinski definition) is 6. The van der Waals surface area contributed by atoms with Crippen LogP contribution >= 0.6 is 11.3 Å². The van der Waals surface area contributed by atoms with Gasteiger partial charge < -0.3 is 4.42 Å². The molecule has 88 heavy (non-hydrogen) atoms. The van der Waals surface area contributed by atoms with Gasteiger partial charge in [-0.3, -0.25) is 9.13 Å². The predicted molar refractivity (Wildman–Crippen MR) is 369 cm³/mol. The molecule has 0 saturated heterocycles. The maximum absolute atomic E-state index is 6.60. The van der Waals surface area contributed by atoms with Crippen LogP contribution in [0, 0.1) is 0 Å². The number of hydrogen-bond donors (Lipinski definition) is 0. The molecule has 6 aromatic heterocycles. The molecule has 0 aliphatic carbocycles. The number of benzene rings is 14. The Morgan fingerprint density at radius 3 is 1.25 bits per heavy atom. The van der Waals surface area contributed by atoms with Gasteiger partial charge >= 0.3 is 0 Å². The fourth-order valence-corrected chi connectivity index (χ4v) is 14.9. The molecule has 0 N–H and O–H groups in total. The standard InChI is InChI=1S/C40H23N3O.C40H23N3S/c2*1-2-11-26-21-29(18-17-24(26)9-1)39-41-37-31-15-7-8-16-35(31)44-38(37)40(42-39)43-33-20-19-25-10-5-6-14-30(25)36(33)32-22-27-12-3-4-13-28(27)23-34(32)43/h2*1-23H. The quantitative estimate of drug-likeness (QED) is 0.176. The van der Waals surface area contributed by atoms with Crippen LogP contribution in [0.3, 0.4) is 0 Å². The molecule has 8 heteroatoms. The molecule has 0 amide bonds. The summed E-state index contributed by atoms with van der Waals surface area (Å²) < 4.78 is 13.6. The molecule has 0 saturated carbocycles. The Morgan fingerprint density at radius 1 is 0.284 bits per heavy atom. The fourth-order valence-electron chi connectivity index (χ4n) is 13.8. The number of rotatable bonds is 4. The zero-order chi connectivity index (χ0) is 57.6. The fraction of sp³-hybridized carbons (Fsp3) is 0. The molecule has 20 aromatic rings. The maximum atomic E-state index is 6.60. The van der Waals surface area contributed by atoms with Crippen LogP contribution in [0.25, 0.3) is 185 Å². The van der Waals surface area contributed by atoms with E-state index in [1.807, 2.05) is 18.2 Å². The lowest BCUT2D eigenvalue weighted by Crippen LogP contribution is -2.02. The predicted octanol–water partition coefficient (Wildman–Crippen LogP) is 21.7. The minimum Gasteiger partial charge on any atom is -0.450 e. The molecule has 20 rings (SSSR count). The van der Waals surface area contributed by atoms with Gasteiger partial charge in [0.25, 0.3) is 0 Å². The molecule has 0 aliphatic rings. The lowest BCUT2D eigenvalue weighted by atomic mass is 10.0. The summed E-state index contributed by atoms with van der Waals surface area (Å²) in [6, 6.07) is 99.2. The molecule has 14 aromatic carbocycles. The number of thiophene rings is 1. The van der Waals surface area contributed by atoms with Crippen molar-refractivity contribution in [1.29, 1.82) is 0 Å². The van der Waals surface area contributed by atoms with Crippen LogP contribution in [-0.4, -0.2) is 29.1 Å². The van der Waals surface area contributed by atoms with Gasteiger partial charge in [-0.2, -0.15) is 0 Å². The molecule has 6 heterocycles. The molecule has 0 bridgehead atoms. The number of nitrogens with zero attached hydrogens (tertiary/aromatic N) is 6. The topological polar surface area (TPSA) is 74.6 Å². The molecule has 0 unspecified atom stereocenters. The van der Waals surface area contributed by atoms with Crippen LogP contribution in [0.5, 0.6) is 0 Å². The first-order chi connectivity index (χ1) is 43.6. The van der Waals surface area contributed by atoms with Gasteiger partial charge in [0, 0.05) is 48.1 Å². The van der Waals surface area contributed by atoms with E-state index in [0.29, 0.717) is 11.4 Å². The van der Waals surface area contributed by atoms with E-state index in [4.69, 9.17) is 24.4 Å². The van der Waals surface area contributed by atoms with Crippen LogP contribution < -0.4 is 0 Å². The third kappa shape index (κ3) is 7.43. The van der Waals surface area contributed by atoms with Crippen LogP contribution in [0.1, 0.15) is 0 Å². The summed E-state index contributed by atoms with van der Waals surface area (Å²) in [5.41, 5.74) is 9.72. The van der Waals surface area contributed by atoms with Crippen molar-refractivity contribution in [1.82, 2.24) is 29.1 Å². The van der Waals surface area contributed by atoms with E-state index in [1.54, 1.807) is 11.3 Å². The second kappa shape index (κ2) is 19.0. The summed E-state index contributed by atoms with van der Waals surface area (Å²) in [6.07, 6.45) is 0. The SMILES string of the molecule is c1ccc2cc(-c3nc(-n4c5cc6ccccc6cc5c5c6ccccc6ccc54)c4oc5ccccc5c4n3)ccc2c1.c1ccc2cc(-c3nc(-n4c5cc6ccccc6cc5c5c6ccccc6ccc54)c4sc5ccccc5c4n3)ccc2c1. The van der Waals surface area contributed by atoms with E-state index in [0.717, 1.165) is 88.1 Å². The highest BCUT2D eigenvalue weighted by molar-refractivity contribution is 7.26. The Hall–Kier alpha value is -11.6. The first kappa shape index (κ1) is 48.8. The maximum Gasteiger partial charge on any atom is 0.197 e. The Kier molecular flexibility index (Phi) is 10.5. The molecular formula is C80H46N6OS. The van der Waals surface area contributed by atoms with Gasteiger partial charge in [-0.05, 0) is 131 Å². The molecule has 0 aliphatic heterocycles. The van der Waals surface area contributed by atoms with Gasteiger partial charge in [-0.25, -0.2) is 19.9 Å². The molecule has 0 spiro atoms. The lowest BCUT2D eigenvalue weighted by molar-refractivity contribution is 0.662. The first-order valence-corrected chi connectivity index (χ1v) is 30.5. The Labute approximate surface area is 505 Å². The van der Waals surface area contributed by atoms with Crippen molar-refractivity contribution in [3.63, 3.8) is 0 Å². The minimum atomic E-state index is 0.668. The monoisotopic (exact) mass is 1140 g/mol. The minimum absolute atomic E-state index is 0.668. The van der Waals surface area contributed by atoms with Crippen LogP contribution in [0.15, 0.2) is 283 Å². The lowest BCUT2D eigenvalue weighted by Gasteiger charge is -2.12. The Bertz CT molecular complexity index is 5960. The van der Waals surface area contributed by atoms with Gasteiger partial charge in [0.05, 0.1) is 32.3 Å². The second-order valence-corrected chi connectivity index (χ2v) is 23.9. The molecule has 408 valence electrons. The summed E-state index contributed by atoms with van der Waals surface area (Å²) in [4.78, 5) is 21.2. The average Bonchev–Trinajstić information content (AvgIpc) is 1.65. The van der Waals surface area contributed by atoms with Crippen LogP contribution in [-0.2, 0) is 0 Å². The van der Waals surface area contributed by atoms with Crippen molar-refractivity contribution < 1.29 is 4.42 Å². The Balaban J connectivity index is 0.000000128. The van der Waals surface area contributed by atoms with Crippen LogP contribution in [0.2, 0.25) is 0 Å². The van der Waals surface area contributed by atoms with Crippen molar-refractivity contribution in [2.24, 2.45) is 0 Å². The van der Waals surface area contributed by atoms with Crippen molar-refractivity contribution in [2.75, 3.05) is 0 Å². The van der Waals surface area contributed by atoms with E-state index in [2.05, 4.69) is 270 Å². The van der Waals surface area contributed by atoms with Crippen molar-refractivity contribution in [3.8, 4) is 34.4 Å². The van der Waals surface area contributed by atoms with Gasteiger partial charge in [0.1, 0.15) is 11.1 Å². The van der Waals surface area contributed by atoms with Crippen molar-refractivity contribution in [3.05, 3.63) is 279 Å². The van der Waals surface area contributed by atoms with E-state index >= 15 is 0 Å². The van der Waals surface area contributed by atoms with Crippen LogP contribution in [0.4, 0.5) is 0 Å². The van der Waals surface area contributed by atoms with Gasteiger partial charge in [0.15, 0.2) is 28.9 Å². The molecule has 7 nitrogen and oxygen atoms in total. The van der Waals surface area contributed by atoms with E-state index < -0.39 is 0 Å². The van der Waals surface area contributed by atoms with Crippen molar-refractivity contribution >= 4 is 162 Å². The normalized spacial score (nSPS) is 12.1. The van der Waals surface area contributed by atoms with Gasteiger partial charge in [-0.15, -0.1) is 11.3 Å². The zero-order valence-corrected chi connectivity index (χ0v) is 47.9. The van der Waals surface area contributed by atoms with E-state index in [-0.39, 0.29) is 0 Å². The third-order valence-electron chi connectivity index (χ3n) is 17.9. The molecule has 0 fully saturated rings. The summed E-state index contributed by atoms with van der Waals surface area (Å²) in [5.74, 6) is 3.06. The van der Waals surface area contributed by atoms with E-state index in [1.165, 1.54) is 85.5 Å². The molecule has 0 radical (unpaired) electrons. The highest BCUT2D eigenvalue weighted by Crippen LogP contribution is 2.45. The smallest absolute Gasteiger partial charge is 0.197 e. The molecule has 0 atom stereocenters. The highest BCUT2D eigenvalue weighted by atomic mass is 32.1. The summed E-state index contributed by atoms with van der Waals surface area (Å²) in [6.45, 7) is 0. The zero-order valence-electron chi connectivity index (χ0n) is 47.1. The van der Waals surface area contributed by atoms with E-state index in [9.17, 15) is 0 Å². The van der Waals surface area contributed by atoms with Gasteiger partial charge in [-0.1, -0.05) is 212 Å². The largest absolute Gasteiger partial charge is 0.450 e. The van der Waals surface area contributed by atoms with Crippen molar-refractivity contribution in [2.45, 2.75) is 0 Å². The summed E-state index contributed by atoms with van der Waals surface area (Å²) in [7, 11) is 0. The summed E-state index contributed by atoms with van der Waals surface area (Å²) >= 11 is 1.77. The summed E-state index contributed by atoms with van der Waals surface area (Å²) in [5, 5.41) is 21.5.